The molecular weight excluding hydrogens is 220 g/mol. The summed E-state index contributed by atoms with van der Waals surface area (Å²) in [5, 5.41) is 0. The molecule has 0 aromatic carbocycles. The molecule has 2 amide bonds. The summed E-state index contributed by atoms with van der Waals surface area (Å²) in [6.45, 7) is 8.05. The largest absolute Gasteiger partial charge is 0.385 e. The SMILES string of the molecule is CCN(CC)C(=O)CN(CCCOC)C(C)=O. The molecule has 0 rings (SSSR count). The molecule has 0 aliphatic carbocycles. The van der Waals surface area contributed by atoms with Gasteiger partial charge >= 0.3 is 0 Å². The van der Waals surface area contributed by atoms with Crippen LogP contribution in [0.4, 0.5) is 0 Å². The number of carbonyl (C=O) groups excluding carboxylic acids is 2. The smallest absolute Gasteiger partial charge is 0.242 e. The van der Waals surface area contributed by atoms with Gasteiger partial charge in [-0.05, 0) is 20.3 Å². The molecule has 0 heterocycles. The lowest BCUT2D eigenvalue weighted by atomic mass is 10.3. The molecule has 0 atom stereocenters. The van der Waals surface area contributed by atoms with Gasteiger partial charge in [-0.2, -0.15) is 0 Å². The molecule has 17 heavy (non-hydrogen) atoms. The van der Waals surface area contributed by atoms with Gasteiger partial charge in [0.15, 0.2) is 0 Å². The topological polar surface area (TPSA) is 49.9 Å². The van der Waals surface area contributed by atoms with Crippen molar-refractivity contribution in [2.75, 3.05) is 39.9 Å². The van der Waals surface area contributed by atoms with Crippen molar-refractivity contribution in [3.63, 3.8) is 0 Å². The van der Waals surface area contributed by atoms with E-state index < -0.39 is 0 Å². The van der Waals surface area contributed by atoms with Crippen LogP contribution in [0.5, 0.6) is 0 Å². The van der Waals surface area contributed by atoms with E-state index >= 15 is 0 Å². The number of methoxy groups -OCH3 is 1. The molecule has 0 aromatic rings. The van der Waals surface area contributed by atoms with Gasteiger partial charge in [0.1, 0.15) is 0 Å². The lowest BCUT2D eigenvalue weighted by molar-refractivity contribution is -0.139. The Morgan fingerprint density at radius 2 is 1.71 bits per heavy atom. The van der Waals surface area contributed by atoms with E-state index in [1.165, 1.54) is 6.92 Å². The number of likely N-dealkylation sites (N-methyl/N-ethyl adjacent to an activating group) is 1. The average Bonchev–Trinajstić information content (AvgIpc) is 2.29. The summed E-state index contributed by atoms with van der Waals surface area (Å²) in [4.78, 5) is 26.5. The summed E-state index contributed by atoms with van der Waals surface area (Å²) in [6, 6.07) is 0. The van der Waals surface area contributed by atoms with Crippen LogP contribution in [0.25, 0.3) is 0 Å². The minimum absolute atomic E-state index is 0.00242. The van der Waals surface area contributed by atoms with Gasteiger partial charge in [0, 0.05) is 40.3 Å². The van der Waals surface area contributed by atoms with E-state index in [-0.39, 0.29) is 18.4 Å². The Morgan fingerprint density at radius 3 is 2.12 bits per heavy atom. The molecule has 0 unspecified atom stereocenters. The predicted molar refractivity (Wildman–Crippen MR) is 66.7 cm³/mol. The van der Waals surface area contributed by atoms with Crippen LogP contribution in [0.1, 0.15) is 27.2 Å². The maximum Gasteiger partial charge on any atom is 0.242 e. The summed E-state index contributed by atoms with van der Waals surface area (Å²) < 4.78 is 4.93. The van der Waals surface area contributed by atoms with E-state index in [0.29, 0.717) is 26.2 Å². The van der Waals surface area contributed by atoms with Gasteiger partial charge in [-0.25, -0.2) is 0 Å². The molecule has 0 aliphatic heterocycles. The Labute approximate surface area is 104 Å². The molecule has 0 bridgehead atoms. The minimum Gasteiger partial charge on any atom is -0.385 e. The Balaban J connectivity index is 4.23. The molecule has 0 spiro atoms. The van der Waals surface area contributed by atoms with Gasteiger partial charge in [0.25, 0.3) is 0 Å². The van der Waals surface area contributed by atoms with Crippen molar-refractivity contribution in [3.8, 4) is 0 Å². The maximum atomic E-state index is 11.9. The molecule has 0 aromatic heterocycles. The molecule has 0 saturated carbocycles. The highest BCUT2D eigenvalue weighted by Gasteiger charge is 2.16. The van der Waals surface area contributed by atoms with Gasteiger partial charge in [-0.1, -0.05) is 0 Å². The van der Waals surface area contributed by atoms with Crippen molar-refractivity contribution in [2.45, 2.75) is 27.2 Å². The second-order valence-electron chi connectivity index (χ2n) is 3.85. The fourth-order valence-corrected chi connectivity index (χ4v) is 1.59. The van der Waals surface area contributed by atoms with E-state index in [1.54, 1.807) is 16.9 Å². The number of carbonyl (C=O) groups is 2. The van der Waals surface area contributed by atoms with Crippen molar-refractivity contribution >= 4 is 11.8 Å². The van der Waals surface area contributed by atoms with Crippen molar-refractivity contribution in [1.82, 2.24) is 9.80 Å². The zero-order valence-electron chi connectivity index (χ0n) is 11.4. The Kier molecular flexibility index (Phi) is 8.40. The van der Waals surface area contributed by atoms with Crippen molar-refractivity contribution in [3.05, 3.63) is 0 Å². The number of ether oxygens (including phenoxy) is 1. The third-order valence-corrected chi connectivity index (χ3v) is 2.66. The highest BCUT2D eigenvalue weighted by Crippen LogP contribution is 1.97. The quantitative estimate of drug-likeness (QED) is 0.592. The van der Waals surface area contributed by atoms with Gasteiger partial charge in [0.05, 0.1) is 6.54 Å². The summed E-state index contributed by atoms with van der Waals surface area (Å²) in [5.74, 6) is -0.0655. The minimum atomic E-state index is -0.0680. The average molecular weight is 244 g/mol. The molecule has 0 N–H and O–H groups in total. The van der Waals surface area contributed by atoms with Gasteiger partial charge in [0.2, 0.25) is 11.8 Å². The molecule has 0 radical (unpaired) electrons. The third kappa shape index (κ3) is 6.26. The molecule has 0 aliphatic rings. The van der Waals surface area contributed by atoms with E-state index in [9.17, 15) is 9.59 Å². The molecule has 5 nitrogen and oxygen atoms in total. The molecule has 0 fully saturated rings. The third-order valence-electron chi connectivity index (χ3n) is 2.66. The number of hydrogen-bond donors (Lipinski definition) is 0. The summed E-state index contributed by atoms with van der Waals surface area (Å²) in [6.07, 6.45) is 0.752. The zero-order valence-corrected chi connectivity index (χ0v) is 11.4. The summed E-state index contributed by atoms with van der Waals surface area (Å²) in [5.41, 5.74) is 0. The molecule has 100 valence electrons. The first-order valence-corrected chi connectivity index (χ1v) is 6.09. The lowest BCUT2D eigenvalue weighted by Gasteiger charge is -2.25. The highest BCUT2D eigenvalue weighted by atomic mass is 16.5. The van der Waals surface area contributed by atoms with E-state index in [4.69, 9.17) is 4.74 Å². The van der Waals surface area contributed by atoms with Gasteiger partial charge in [-0.15, -0.1) is 0 Å². The lowest BCUT2D eigenvalue weighted by Crippen LogP contribution is -2.42. The fourth-order valence-electron chi connectivity index (χ4n) is 1.59. The predicted octanol–water partition coefficient (Wildman–Crippen LogP) is 0.740. The number of amides is 2. The molecular formula is C12H24N2O3. The summed E-state index contributed by atoms with van der Waals surface area (Å²) in [7, 11) is 1.62. The first-order valence-electron chi connectivity index (χ1n) is 6.09. The van der Waals surface area contributed by atoms with Crippen molar-refractivity contribution < 1.29 is 14.3 Å². The Bertz CT molecular complexity index is 240. The number of nitrogens with zero attached hydrogens (tertiary/aromatic N) is 2. The first-order chi connectivity index (χ1) is 8.06. The van der Waals surface area contributed by atoms with E-state index in [0.717, 1.165) is 6.42 Å². The monoisotopic (exact) mass is 244 g/mol. The van der Waals surface area contributed by atoms with E-state index in [1.807, 2.05) is 13.8 Å². The maximum absolute atomic E-state index is 11.9. The standard InChI is InChI=1S/C12H24N2O3/c1-5-13(6-2)12(16)10-14(11(3)15)8-7-9-17-4/h5-10H2,1-4H3. The van der Waals surface area contributed by atoms with Crippen LogP contribution in [-0.4, -0.2) is 61.5 Å². The molecule has 5 heteroatoms. The van der Waals surface area contributed by atoms with Crippen molar-refractivity contribution in [2.24, 2.45) is 0 Å². The first kappa shape index (κ1) is 15.9. The van der Waals surface area contributed by atoms with E-state index in [2.05, 4.69) is 0 Å². The summed E-state index contributed by atoms with van der Waals surface area (Å²) >= 11 is 0. The fraction of sp³-hybridized carbons (Fsp3) is 0.833. The van der Waals surface area contributed by atoms with Crippen LogP contribution in [0.2, 0.25) is 0 Å². The number of hydrogen-bond acceptors (Lipinski definition) is 3. The van der Waals surface area contributed by atoms with Crippen LogP contribution in [-0.2, 0) is 14.3 Å². The zero-order chi connectivity index (χ0) is 13.3. The normalized spacial score (nSPS) is 10.1. The number of rotatable bonds is 8. The second-order valence-corrected chi connectivity index (χ2v) is 3.85. The van der Waals surface area contributed by atoms with Gasteiger partial charge in [-0.3, -0.25) is 9.59 Å². The van der Waals surface area contributed by atoms with Crippen LogP contribution in [0.3, 0.4) is 0 Å². The van der Waals surface area contributed by atoms with Crippen LogP contribution >= 0.6 is 0 Å². The second kappa shape index (κ2) is 8.98. The van der Waals surface area contributed by atoms with Crippen LogP contribution < -0.4 is 0 Å². The van der Waals surface area contributed by atoms with Crippen LogP contribution in [0, 0.1) is 0 Å². The van der Waals surface area contributed by atoms with Crippen LogP contribution in [0.15, 0.2) is 0 Å². The van der Waals surface area contributed by atoms with Gasteiger partial charge < -0.3 is 14.5 Å². The molecule has 0 saturated heterocycles. The Hall–Kier alpha value is -1.10. The highest BCUT2D eigenvalue weighted by molar-refractivity contribution is 5.83. The van der Waals surface area contributed by atoms with Crippen molar-refractivity contribution in [1.29, 1.82) is 0 Å². The Morgan fingerprint density at radius 1 is 1.12 bits per heavy atom.